The van der Waals surface area contributed by atoms with Gasteiger partial charge in [-0.2, -0.15) is 4.98 Å². The van der Waals surface area contributed by atoms with Crippen LogP contribution in [-0.2, 0) is 15.9 Å². The number of hydrogen-bond acceptors (Lipinski definition) is 8. The summed E-state index contributed by atoms with van der Waals surface area (Å²) in [6, 6.07) is 12.4. The highest BCUT2D eigenvalue weighted by Gasteiger charge is 2.31. The molecule has 2 aromatic heterocycles. The second-order valence-corrected chi connectivity index (χ2v) is 10.4. The van der Waals surface area contributed by atoms with Gasteiger partial charge >= 0.3 is 6.09 Å². The van der Waals surface area contributed by atoms with E-state index in [4.69, 9.17) is 19.4 Å². The van der Waals surface area contributed by atoms with Crippen molar-refractivity contribution in [3.63, 3.8) is 0 Å². The van der Waals surface area contributed by atoms with Gasteiger partial charge in [-0.1, -0.05) is 44.2 Å². The number of aromatic nitrogens is 3. The number of nitrogens with zero attached hydrogens (tertiary/aromatic N) is 5. The Morgan fingerprint density at radius 3 is 2.66 bits per heavy atom. The average molecular weight is 521 g/mol. The van der Waals surface area contributed by atoms with Crippen LogP contribution in [0.25, 0.3) is 10.9 Å². The molecule has 3 aromatic rings. The van der Waals surface area contributed by atoms with E-state index in [0.717, 1.165) is 42.7 Å². The minimum absolute atomic E-state index is 0.0722. The van der Waals surface area contributed by atoms with Crippen molar-refractivity contribution in [2.24, 2.45) is 0 Å². The first-order valence-corrected chi connectivity index (χ1v) is 13.6. The van der Waals surface area contributed by atoms with E-state index in [2.05, 4.69) is 39.5 Å². The van der Waals surface area contributed by atoms with Gasteiger partial charge < -0.3 is 24.6 Å². The molecule has 0 aliphatic carbocycles. The van der Waals surface area contributed by atoms with Gasteiger partial charge in [0.15, 0.2) is 0 Å². The molecule has 9 heteroatoms. The predicted molar refractivity (Wildman–Crippen MR) is 151 cm³/mol. The largest absolute Gasteiger partial charge is 0.444 e. The number of pyridine rings is 1. The first-order chi connectivity index (χ1) is 18.3. The highest BCUT2D eigenvalue weighted by Crippen LogP contribution is 2.27. The van der Waals surface area contributed by atoms with Crippen LogP contribution in [0, 0.1) is 0 Å². The fourth-order valence-corrected chi connectivity index (χ4v) is 4.69. The number of carbonyl (C=O) groups excluding carboxylic acids is 1. The average Bonchev–Trinajstić information content (AvgIpc) is 3.38. The number of fused-ring (bicyclic) bond motifs is 1. The molecule has 204 valence electrons. The molecule has 1 aromatic carbocycles. The van der Waals surface area contributed by atoms with Crippen molar-refractivity contribution in [3.8, 4) is 0 Å². The van der Waals surface area contributed by atoms with Gasteiger partial charge in [0, 0.05) is 50.2 Å². The Kier molecular flexibility index (Phi) is 8.99. The molecular formula is C29H40N6O3. The van der Waals surface area contributed by atoms with Gasteiger partial charge in [-0.05, 0) is 38.8 Å². The Morgan fingerprint density at radius 1 is 1.11 bits per heavy atom. The van der Waals surface area contributed by atoms with Gasteiger partial charge in [-0.15, -0.1) is 0 Å². The van der Waals surface area contributed by atoms with E-state index in [0.29, 0.717) is 25.6 Å². The lowest BCUT2D eigenvalue weighted by Crippen LogP contribution is -2.44. The fourth-order valence-electron chi connectivity index (χ4n) is 4.69. The molecule has 1 amide bonds. The Balaban J connectivity index is 0.00000164. The molecule has 9 nitrogen and oxygen atoms in total. The van der Waals surface area contributed by atoms with Crippen LogP contribution in [0.5, 0.6) is 0 Å². The molecule has 2 fully saturated rings. The van der Waals surface area contributed by atoms with Gasteiger partial charge in [0.1, 0.15) is 11.4 Å². The van der Waals surface area contributed by atoms with Gasteiger partial charge in [-0.3, -0.25) is 4.98 Å². The fraction of sp³-hybridized carbons (Fsp3) is 0.517. The number of rotatable bonds is 5. The number of anilines is 2. The maximum atomic E-state index is 12.5. The van der Waals surface area contributed by atoms with Crippen LogP contribution in [0.4, 0.5) is 16.6 Å². The predicted octanol–water partition coefficient (Wildman–Crippen LogP) is 4.92. The van der Waals surface area contributed by atoms with Crippen LogP contribution in [0.2, 0.25) is 0 Å². The maximum absolute atomic E-state index is 12.5. The number of likely N-dealkylation sites (tertiary alicyclic amines) is 1. The quantitative estimate of drug-likeness (QED) is 0.507. The monoisotopic (exact) mass is 520 g/mol. The summed E-state index contributed by atoms with van der Waals surface area (Å²) in [6.07, 6.45) is 4.99. The zero-order valence-electron chi connectivity index (χ0n) is 23.2. The van der Waals surface area contributed by atoms with Gasteiger partial charge in [-0.25, -0.2) is 9.78 Å². The first-order valence-electron chi connectivity index (χ1n) is 13.6. The summed E-state index contributed by atoms with van der Waals surface area (Å²) >= 11 is 0. The van der Waals surface area contributed by atoms with Crippen molar-refractivity contribution in [3.05, 3.63) is 54.4 Å². The van der Waals surface area contributed by atoms with E-state index in [9.17, 15) is 4.79 Å². The third-order valence-corrected chi connectivity index (χ3v) is 6.40. The van der Waals surface area contributed by atoms with E-state index in [1.807, 2.05) is 46.8 Å². The highest BCUT2D eigenvalue weighted by molar-refractivity contribution is 5.89. The SMILES string of the molecule is CC.CC(C)(C)OC(=O)N1CCC(Nc2nc(N3CCOC(Cc4ccccc4)C3)nc3cnccc23)C1. The lowest BCUT2D eigenvalue weighted by Gasteiger charge is -2.33. The number of ether oxygens (including phenoxy) is 2. The van der Waals surface area contributed by atoms with E-state index in [-0.39, 0.29) is 18.2 Å². The molecule has 2 unspecified atom stereocenters. The molecule has 0 saturated carbocycles. The molecule has 38 heavy (non-hydrogen) atoms. The molecule has 1 N–H and O–H groups in total. The standard InChI is InChI=1S/C27H34N6O3.C2H6/c1-27(2,3)36-26(34)33-12-10-20(17-33)29-24-22-9-11-28-16-23(22)30-25(31-24)32-13-14-35-21(18-32)15-19-7-5-4-6-8-19;1-2/h4-9,11,16,20-21H,10,12-15,17-18H2,1-3H3,(H,29,30,31);1-2H3. The number of amides is 1. The van der Waals surface area contributed by atoms with Crippen LogP contribution < -0.4 is 10.2 Å². The summed E-state index contributed by atoms with van der Waals surface area (Å²) in [5.41, 5.74) is 1.54. The van der Waals surface area contributed by atoms with Crippen molar-refractivity contribution in [2.45, 2.75) is 65.2 Å². The minimum atomic E-state index is -0.510. The normalized spacial score (nSPS) is 19.6. The van der Waals surface area contributed by atoms with Crippen LogP contribution in [-0.4, -0.2) is 76.5 Å². The minimum Gasteiger partial charge on any atom is -0.444 e. The zero-order valence-corrected chi connectivity index (χ0v) is 23.2. The molecule has 0 bridgehead atoms. The van der Waals surface area contributed by atoms with Crippen molar-refractivity contribution < 1.29 is 14.3 Å². The third-order valence-electron chi connectivity index (χ3n) is 6.40. The summed E-state index contributed by atoms with van der Waals surface area (Å²) in [5.74, 6) is 1.43. The van der Waals surface area contributed by atoms with Crippen molar-refractivity contribution >= 4 is 28.8 Å². The molecule has 2 aliphatic heterocycles. The second-order valence-electron chi connectivity index (χ2n) is 10.4. The van der Waals surface area contributed by atoms with Crippen LogP contribution in [0.1, 0.15) is 46.6 Å². The van der Waals surface area contributed by atoms with E-state index in [1.165, 1.54) is 5.56 Å². The maximum Gasteiger partial charge on any atom is 0.410 e. The summed E-state index contributed by atoms with van der Waals surface area (Å²) in [7, 11) is 0. The number of benzene rings is 1. The Hall–Kier alpha value is -3.46. The Morgan fingerprint density at radius 2 is 1.89 bits per heavy atom. The third kappa shape index (κ3) is 7.10. The smallest absolute Gasteiger partial charge is 0.410 e. The van der Waals surface area contributed by atoms with E-state index in [1.54, 1.807) is 17.3 Å². The molecule has 2 atom stereocenters. The van der Waals surface area contributed by atoms with Crippen LogP contribution in [0.3, 0.4) is 0 Å². The van der Waals surface area contributed by atoms with E-state index >= 15 is 0 Å². The molecule has 5 rings (SSSR count). The Bertz CT molecular complexity index is 1200. The topological polar surface area (TPSA) is 92.7 Å². The molecule has 2 aliphatic rings. The van der Waals surface area contributed by atoms with Gasteiger partial charge in [0.2, 0.25) is 5.95 Å². The van der Waals surface area contributed by atoms with Gasteiger partial charge in [0.05, 0.1) is 24.4 Å². The number of hydrogen-bond donors (Lipinski definition) is 1. The second kappa shape index (κ2) is 12.4. The summed E-state index contributed by atoms with van der Waals surface area (Å²) < 4.78 is 11.6. The molecule has 0 spiro atoms. The van der Waals surface area contributed by atoms with Crippen molar-refractivity contribution in [2.75, 3.05) is 43.0 Å². The lowest BCUT2D eigenvalue weighted by molar-refractivity contribution is 0.0293. The summed E-state index contributed by atoms with van der Waals surface area (Å²) in [5, 5.41) is 4.49. The molecular weight excluding hydrogens is 480 g/mol. The van der Waals surface area contributed by atoms with Crippen LogP contribution >= 0.6 is 0 Å². The Labute approximate surface area is 225 Å². The zero-order chi connectivity index (χ0) is 27.1. The number of nitrogens with one attached hydrogen (secondary N) is 1. The van der Waals surface area contributed by atoms with Gasteiger partial charge in [0.25, 0.3) is 0 Å². The summed E-state index contributed by atoms with van der Waals surface area (Å²) in [6.45, 7) is 12.9. The molecule has 2 saturated heterocycles. The molecule has 0 radical (unpaired) electrons. The number of morpholine rings is 1. The first kappa shape index (κ1) is 27.6. The van der Waals surface area contributed by atoms with Crippen LogP contribution in [0.15, 0.2) is 48.8 Å². The highest BCUT2D eigenvalue weighted by atomic mass is 16.6. The van der Waals surface area contributed by atoms with Crippen molar-refractivity contribution in [1.82, 2.24) is 19.9 Å². The lowest BCUT2D eigenvalue weighted by atomic mass is 10.1. The number of carbonyl (C=O) groups is 1. The molecule has 4 heterocycles. The summed E-state index contributed by atoms with van der Waals surface area (Å²) in [4.78, 5) is 30.5. The van der Waals surface area contributed by atoms with Crippen molar-refractivity contribution in [1.29, 1.82) is 0 Å². The van der Waals surface area contributed by atoms with E-state index < -0.39 is 5.60 Å².